The number of amides is 1. The maximum atomic E-state index is 12.3. The molecule has 0 radical (unpaired) electrons. The molecule has 3 rings (SSSR count). The first-order valence-electron chi connectivity index (χ1n) is 8.77. The molecule has 2 fully saturated rings. The van der Waals surface area contributed by atoms with Crippen molar-refractivity contribution in [3.8, 4) is 0 Å². The van der Waals surface area contributed by atoms with E-state index in [1.54, 1.807) is 17.1 Å². The zero-order valence-corrected chi connectivity index (χ0v) is 14.3. The fourth-order valence-electron chi connectivity index (χ4n) is 3.32. The zero-order valence-electron chi connectivity index (χ0n) is 14.3. The molecule has 3 heterocycles. The highest BCUT2D eigenvalue weighted by Gasteiger charge is 2.21. The van der Waals surface area contributed by atoms with E-state index < -0.39 is 5.97 Å². The van der Waals surface area contributed by atoms with Gasteiger partial charge in [-0.1, -0.05) is 0 Å². The Morgan fingerprint density at radius 1 is 1.24 bits per heavy atom. The lowest BCUT2D eigenvalue weighted by molar-refractivity contribution is -0.139. The molecule has 25 heavy (non-hydrogen) atoms. The van der Waals surface area contributed by atoms with Crippen LogP contribution in [-0.2, 0) is 9.59 Å². The van der Waals surface area contributed by atoms with Crippen molar-refractivity contribution in [3.05, 3.63) is 24.3 Å². The van der Waals surface area contributed by atoms with Crippen molar-refractivity contribution >= 4 is 18.0 Å². The third kappa shape index (κ3) is 4.90. The SMILES string of the molecule is O=C(O)CN1CCN(C(=O)C=Cc2cn(C3CCNCC3)cn2)CC1. The van der Waals surface area contributed by atoms with Crippen LogP contribution in [0.4, 0.5) is 0 Å². The van der Waals surface area contributed by atoms with E-state index in [0.717, 1.165) is 31.6 Å². The van der Waals surface area contributed by atoms with E-state index in [2.05, 4.69) is 14.9 Å². The second-order valence-electron chi connectivity index (χ2n) is 6.56. The Morgan fingerprint density at radius 3 is 2.64 bits per heavy atom. The number of carboxylic acids is 1. The monoisotopic (exact) mass is 347 g/mol. The van der Waals surface area contributed by atoms with Gasteiger partial charge < -0.3 is 19.9 Å². The highest BCUT2D eigenvalue weighted by atomic mass is 16.4. The van der Waals surface area contributed by atoms with E-state index in [0.29, 0.717) is 32.2 Å². The van der Waals surface area contributed by atoms with Crippen LogP contribution < -0.4 is 5.32 Å². The first-order valence-corrected chi connectivity index (χ1v) is 8.77. The molecule has 0 spiro atoms. The van der Waals surface area contributed by atoms with Crippen molar-refractivity contribution in [1.82, 2.24) is 24.7 Å². The lowest BCUT2D eigenvalue weighted by Crippen LogP contribution is -2.49. The molecular formula is C17H25N5O3. The van der Waals surface area contributed by atoms with Crippen LogP contribution in [-0.4, -0.2) is 82.1 Å². The van der Waals surface area contributed by atoms with Crippen molar-refractivity contribution in [1.29, 1.82) is 0 Å². The number of hydrogen-bond acceptors (Lipinski definition) is 5. The molecule has 0 saturated carbocycles. The van der Waals surface area contributed by atoms with Crippen molar-refractivity contribution in [2.45, 2.75) is 18.9 Å². The summed E-state index contributed by atoms with van der Waals surface area (Å²) in [6.07, 6.45) is 9.33. The molecule has 0 aliphatic carbocycles. The third-order valence-corrected chi connectivity index (χ3v) is 4.79. The number of piperidine rings is 1. The topological polar surface area (TPSA) is 90.7 Å². The van der Waals surface area contributed by atoms with Gasteiger partial charge in [0.05, 0.1) is 18.6 Å². The van der Waals surface area contributed by atoms with Crippen LogP contribution in [0.1, 0.15) is 24.6 Å². The Labute approximate surface area is 147 Å². The van der Waals surface area contributed by atoms with Gasteiger partial charge >= 0.3 is 5.97 Å². The summed E-state index contributed by atoms with van der Waals surface area (Å²) in [5.41, 5.74) is 0.788. The maximum absolute atomic E-state index is 12.3. The van der Waals surface area contributed by atoms with Crippen LogP contribution in [0.5, 0.6) is 0 Å². The molecule has 2 aliphatic heterocycles. The number of carbonyl (C=O) groups excluding carboxylic acids is 1. The van der Waals surface area contributed by atoms with Crippen LogP contribution in [0.2, 0.25) is 0 Å². The van der Waals surface area contributed by atoms with Gasteiger partial charge in [0, 0.05) is 44.5 Å². The summed E-state index contributed by atoms with van der Waals surface area (Å²) in [5.74, 6) is -0.879. The quantitative estimate of drug-likeness (QED) is 0.732. The van der Waals surface area contributed by atoms with Crippen LogP contribution in [0.15, 0.2) is 18.6 Å². The fraction of sp³-hybridized carbons (Fsp3) is 0.588. The predicted molar refractivity (Wildman–Crippen MR) is 93.1 cm³/mol. The number of imidazole rings is 1. The smallest absolute Gasteiger partial charge is 0.317 e. The number of carbonyl (C=O) groups is 2. The molecular weight excluding hydrogens is 322 g/mol. The van der Waals surface area contributed by atoms with Crippen LogP contribution in [0, 0.1) is 0 Å². The minimum atomic E-state index is -0.830. The lowest BCUT2D eigenvalue weighted by atomic mass is 10.1. The molecule has 2 aliphatic rings. The Morgan fingerprint density at radius 2 is 1.96 bits per heavy atom. The van der Waals surface area contributed by atoms with Crippen LogP contribution in [0.25, 0.3) is 6.08 Å². The minimum absolute atomic E-state index is 0.0337. The summed E-state index contributed by atoms with van der Waals surface area (Å²) in [6.45, 7) is 4.39. The summed E-state index contributed by atoms with van der Waals surface area (Å²) >= 11 is 0. The number of piperazine rings is 1. The Hall–Kier alpha value is -2.19. The summed E-state index contributed by atoms with van der Waals surface area (Å²) in [5, 5.41) is 12.1. The van der Waals surface area contributed by atoms with Crippen LogP contribution in [0.3, 0.4) is 0 Å². The van der Waals surface area contributed by atoms with E-state index in [-0.39, 0.29) is 12.5 Å². The summed E-state index contributed by atoms with van der Waals surface area (Å²) in [6, 6.07) is 0.480. The molecule has 0 aromatic carbocycles. The van der Waals surface area contributed by atoms with Gasteiger partial charge in [-0.2, -0.15) is 0 Å². The molecule has 8 heteroatoms. The summed E-state index contributed by atoms with van der Waals surface area (Å²) < 4.78 is 2.13. The number of nitrogens with one attached hydrogen (secondary N) is 1. The second kappa shape index (κ2) is 8.26. The van der Waals surface area contributed by atoms with E-state index in [9.17, 15) is 9.59 Å². The third-order valence-electron chi connectivity index (χ3n) is 4.79. The van der Waals surface area contributed by atoms with E-state index in [1.165, 1.54) is 0 Å². The Balaban J connectivity index is 1.49. The van der Waals surface area contributed by atoms with Gasteiger partial charge in [-0.15, -0.1) is 0 Å². The first-order chi connectivity index (χ1) is 12.1. The molecule has 0 atom stereocenters. The van der Waals surface area contributed by atoms with Gasteiger partial charge in [-0.05, 0) is 32.0 Å². The second-order valence-corrected chi connectivity index (χ2v) is 6.56. The predicted octanol–water partition coefficient (Wildman–Crippen LogP) is 0.0496. The number of aromatic nitrogens is 2. The van der Waals surface area contributed by atoms with Gasteiger partial charge in [-0.25, -0.2) is 4.98 Å². The molecule has 136 valence electrons. The molecule has 1 aromatic heterocycles. The summed E-state index contributed by atoms with van der Waals surface area (Å²) in [7, 11) is 0. The van der Waals surface area contributed by atoms with E-state index >= 15 is 0 Å². The standard InChI is InChI=1S/C17H25N5O3/c23-16(21-9-7-20(8-10-21)12-17(24)25)2-1-14-11-22(13-19-14)15-3-5-18-6-4-15/h1-2,11,13,15,18H,3-10,12H2,(H,24,25). The molecule has 0 unspecified atom stereocenters. The molecule has 2 N–H and O–H groups in total. The van der Waals surface area contributed by atoms with Gasteiger partial charge in [0.15, 0.2) is 0 Å². The Kier molecular flexibility index (Phi) is 5.83. The van der Waals surface area contributed by atoms with Gasteiger partial charge in [-0.3, -0.25) is 14.5 Å². The molecule has 8 nitrogen and oxygen atoms in total. The highest BCUT2D eigenvalue weighted by Crippen LogP contribution is 2.18. The van der Waals surface area contributed by atoms with E-state index in [1.807, 2.05) is 17.4 Å². The highest BCUT2D eigenvalue weighted by molar-refractivity contribution is 5.91. The van der Waals surface area contributed by atoms with Crippen molar-refractivity contribution < 1.29 is 14.7 Å². The average Bonchev–Trinajstić information content (AvgIpc) is 3.10. The van der Waals surface area contributed by atoms with E-state index in [4.69, 9.17) is 5.11 Å². The van der Waals surface area contributed by atoms with Crippen molar-refractivity contribution in [2.75, 3.05) is 45.8 Å². The number of carboxylic acid groups (broad SMARTS) is 1. The molecule has 1 aromatic rings. The maximum Gasteiger partial charge on any atom is 0.317 e. The van der Waals surface area contributed by atoms with Crippen molar-refractivity contribution in [2.24, 2.45) is 0 Å². The minimum Gasteiger partial charge on any atom is -0.480 e. The van der Waals surface area contributed by atoms with Crippen molar-refractivity contribution in [3.63, 3.8) is 0 Å². The number of nitrogens with zero attached hydrogens (tertiary/aromatic N) is 4. The number of aliphatic carboxylic acids is 1. The molecule has 0 bridgehead atoms. The normalized spacial score (nSPS) is 20.2. The lowest BCUT2D eigenvalue weighted by Gasteiger charge is -2.33. The zero-order chi connectivity index (χ0) is 17.6. The van der Waals surface area contributed by atoms with Gasteiger partial charge in [0.1, 0.15) is 0 Å². The van der Waals surface area contributed by atoms with Gasteiger partial charge in [0.25, 0.3) is 0 Å². The number of hydrogen-bond donors (Lipinski definition) is 2. The Bertz CT molecular complexity index is 628. The van der Waals surface area contributed by atoms with Gasteiger partial charge in [0.2, 0.25) is 5.91 Å². The fourth-order valence-corrected chi connectivity index (χ4v) is 3.32. The summed E-state index contributed by atoms with van der Waals surface area (Å²) in [4.78, 5) is 30.9. The largest absolute Gasteiger partial charge is 0.480 e. The molecule has 1 amide bonds. The molecule has 2 saturated heterocycles. The first kappa shape index (κ1) is 17.6. The number of rotatable bonds is 5. The average molecular weight is 347 g/mol. The van der Waals surface area contributed by atoms with Crippen LogP contribution >= 0.6 is 0 Å².